The van der Waals surface area contributed by atoms with Gasteiger partial charge in [0.2, 0.25) is 6.39 Å². The van der Waals surface area contributed by atoms with Gasteiger partial charge in [0.25, 0.3) is 0 Å². The van der Waals surface area contributed by atoms with Gasteiger partial charge in [0, 0.05) is 11.3 Å². The second kappa shape index (κ2) is 4.11. The van der Waals surface area contributed by atoms with Gasteiger partial charge < -0.3 is 9.84 Å². The molecule has 0 aliphatic carbocycles. The maximum Gasteiger partial charge on any atom is 0.213 e. The first-order valence-electron chi connectivity index (χ1n) is 4.46. The van der Waals surface area contributed by atoms with E-state index < -0.39 is 0 Å². The van der Waals surface area contributed by atoms with E-state index in [0.717, 1.165) is 5.82 Å². The molecule has 1 aliphatic rings. The van der Waals surface area contributed by atoms with Crippen LogP contribution in [0.5, 0.6) is 0 Å². The second-order valence-corrected chi connectivity index (χ2v) is 4.68. The van der Waals surface area contributed by atoms with Crippen molar-refractivity contribution in [1.29, 1.82) is 0 Å². The predicted molar refractivity (Wildman–Crippen MR) is 51.5 cm³/mol. The van der Waals surface area contributed by atoms with Crippen LogP contribution in [0.15, 0.2) is 10.9 Å². The molecular weight excluding hydrogens is 186 g/mol. The highest BCUT2D eigenvalue weighted by atomic mass is 32.2. The molecule has 2 heterocycles. The molecule has 0 bridgehead atoms. The van der Waals surface area contributed by atoms with Crippen molar-refractivity contribution in [3.63, 3.8) is 0 Å². The Bertz CT molecular complexity index is 252. The largest absolute Gasteiger partial charge is 0.343 e. The molecule has 1 saturated heterocycles. The van der Waals surface area contributed by atoms with Gasteiger partial charge in [0.1, 0.15) is 0 Å². The van der Waals surface area contributed by atoms with Gasteiger partial charge in [0.15, 0.2) is 5.82 Å². The lowest BCUT2D eigenvalue weighted by Gasteiger charge is -2.14. The molecule has 0 aromatic carbocycles. The van der Waals surface area contributed by atoms with Gasteiger partial charge in [0.05, 0.1) is 6.54 Å². The highest BCUT2D eigenvalue weighted by molar-refractivity contribution is 8.00. The first-order valence-corrected chi connectivity index (χ1v) is 5.51. The standard InChI is InChI=1S/C8H13N3OS/c1-6-7(2-3-13-6)9-4-8-10-5-12-11-8/h5-7,9H,2-4H2,1H3. The zero-order valence-corrected chi connectivity index (χ0v) is 8.38. The van der Waals surface area contributed by atoms with E-state index in [4.69, 9.17) is 0 Å². The van der Waals surface area contributed by atoms with Crippen molar-refractivity contribution in [3.05, 3.63) is 12.2 Å². The van der Waals surface area contributed by atoms with Crippen LogP contribution in [0.3, 0.4) is 0 Å². The fourth-order valence-corrected chi connectivity index (χ4v) is 2.72. The maximum atomic E-state index is 4.65. The van der Waals surface area contributed by atoms with E-state index in [0.29, 0.717) is 17.8 Å². The normalized spacial score (nSPS) is 28.1. The zero-order valence-electron chi connectivity index (χ0n) is 7.56. The molecule has 2 unspecified atom stereocenters. The lowest BCUT2D eigenvalue weighted by molar-refractivity contribution is 0.403. The summed E-state index contributed by atoms with van der Waals surface area (Å²) in [5.74, 6) is 1.99. The molecule has 1 N–H and O–H groups in total. The number of nitrogens with one attached hydrogen (secondary N) is 1. The van der Waals surface area contributed by atoms with E-state index in [1.54, 1.807) is 0 Å². The van der Waals surface area contributed by atoms with Gasteiger partial charge in [-0.15, -0.1) is 0 Å². The van der Waals surface area contributed by atoms with Crippen LogP contribution in [0.1, 0.15) is 19.2 Å². The number of thioether (sulfide) groups is 1. The van der Waals surface area contributed by atoms with Crippen LogP contribution in [0.4, 0.5) is 0 Å². The zero-order chi connectivity index (χ0) is 9.10. The highest BCUT2D eigenvalue weighted by Crippen LogP contribution is 2.26. The molecule has 13 heavy (non-hydrogen) atoms. The Morgan fingerprint density at radius 2 is 2.69 bits per heavy atom. The fraction of sp³-hybridized carbons (Fsp3) is 0.750. The summed E-state index contributed by atoms with van der Waals surface area (Å²) < 4.78 is 4.65. The molecule has 0 amide bonds. The van der Waals surface area contributed by atoms with E-state index in [1.165, 1.54) is 18.6 Å². The van der Waals surface area contributed by atoms with E-state index in [-0.39, 0.29) is 0 Å². The molecule has 1 fully saturated rings. The van der Waals surface area contributed by atoms with Crippen LogP contribution in [0.2, 0.25) is 0 Å². The van der Waals surface area contributed by atoms with Gasteiger partial charge in [-0.2, -0.15) is 16.7 Å². The summed E-state index contributed by atoms with van der Waals surface area (Å²) in [6, 6.07) is 0.600. The lowest BCUT2D eigenvalue weighted by Crippen LogP contribution is -2.33. The van der Waals surface area contributed by atoms with Crippen LogP contribution in [0, 0.1) is 0 Å². The van der Waals surface area contributed by atoms with Crippen LogP contribution < -0.4 is 5.32 Å². The third-order valence-electron chi connectivity index (χ3n) is 2.31. The minimum atomic E-state index is 0.600. The summed E-state index contributed by atoms with van der Waals surface area (Å²) >= 11 is 2.02. The van der Waals surface area contributed by atoms with Gasteiger partial charge in [-0.3, -0.25) is 0 Å². The van der Waals surface area contributed by atoms with Crippen LogP contribution in [0.25, 0.3) is 0 Å². The summed E-state index contributed by atoms with van der Waals surface area (Å²) in [7, 11) is 0. The Balaban J connectivity index is 1.79. The monoisotopic (exact) mass is 199 g/mol. The summed E-state index contributed by atoms with van der Waals surface area (Å²) in [4.78, 5) is 3.96. The second-order valence-electron chi connectivity index (χ2n) is 3.20. The number of nitrogens with zero attached hydrogens (tertiary/aromatic N) is 2. The Hall–Kier alpha value is -0.550. The molecular formula is C8H13N3OS. The van der Waals surface area contributed by atoms with Crippen LogP contribution in [-0.2, 0) is 6.54 Å². The molecule has 1 aromatic heterocycles. The molecule has 4 nitrogen and oxygen atoms in total. The number of rotatable bonds is 3. The molecule has 2 atom stereocenters. The molecule has 1 aliphatic heterocycles. The molecule has 0 radical (unpaired) electrons. The maximum absolute atomic E-state index is 4.65. The average Bonchev–Trinajstić information content (AvgIpc) is 2.72. The molecule has 2 rings (SSSR count). The third-order valence-corrected chi connectivity index (χ3v) is 3.63. The Labute approximate surface area is 81.5 Å². The lowest BCUT2D eigenvalue weighted by atomic mass is 10.2. The van der Waals surface area contributed by atoms with Gasteiger partial charge in [-0.1, -0.05) is 12.1 Å². The average molecular weight is 199 g/mol. The van der Waals surface area contributed by atoms with Crippen LogP contribution in [-0.4, -0.2) is 27.2 Å². The minimum absolute atomic E-state index is 0.600. The first kappa shape index (κ1) is 9.02. The first-order chi connectivity index (χ1) is 6.36. The molecule has 5 heteroatoms. The Morgan fingerprint density at radius 3 is 3.31 bits per heavy atom. The summed E-state index contributed by atoms with van der Waals surface area (Å²) in [5, 5.41) is 7.88. The summed E-state index contributed by atoms with van der Waals surface area (Å²) in [6.45, 7) is 2.97. The van der Waals surface area contributed by atoms with Gasteiger partial charge in [-0.05, 0) is 12.2 Å². The summed E-state index contributed by atoms with van der Waals surface area (Å²) in [5.41, 5.74) is 0. The van der Waals surface area contributed by atoms with Gasteiger partial charge >= 0.3 is 0 Å². The smallest absolute Gasteiger partial charge is 0.213 e. The molecule has 72 valence electrons. The molecule has 0 saturated carbocycles. The number of aromatic nitrogens is 2. The van der Waals surface area contributed by atoms with Crippen molar-refractivity contribution in [2.75, 3.05) is 5.75 Å². The van der Waals surface area contributed by atoms with E-state index in [1.807, 2.05) is 11.8 Å². The minimum Gasteiger partial charge on any atom is -0.343 e. The topological polar surface area (TPSA) is 51.0 Å². The predicted octanol–water partition coefficient (Wildman–Crippen LogP) is 1.05. The van der Waals surface area contributed by atoms with Crippen molar-refractivity contribution in [1.82, 2.24) is 15.5 Å². The number of hydrogen-bond donors (Lipinski definition) is 1. The van der Waals surface area contributed by atoms with E-state index in [2.05, 4.69) is 26.9 Å². The SMILES string of the molecule is CC1SCCC1NCc1ncon1. The summed E-state index contributed by atoms with van der Waals surface area (Å²) in [6.07, 6.45) is 2.60. The molecule has 0 spiro atoms. The van der Waals surface area contributed by atoms with Crippen molar-refractivity contribution < 1.29 is 4.52 Å². The quantitative estimate of drug-likeness (QED) is 0.788. The third kappa shape index (κ3) is 2.22. The Kier molecular flexibility index (Phi) is 2.85. The van der Waals surface area contributed by atoms with Crippen molar-refractivity contribution >= 4 is 11.8 Å². The van der Waals surface area contributed by atoms with E-state index >= 15 is 0 Å². The van der Waals surface area contributed by atoms with Crippen molar-refractivity contribution in [2.45, 2.75) is 31.2 Å². The van der Waals surface area contributed by atoms with E-state index in [9.17, 15) is 0 Å². The van der Waals surface area contributed by atoms with Crippen molar-refractivity contribution in [3.8, 4) is 0 Å². The number of hydrogen-bond acceptors (Lipinski definition) is 5. The van der Waals surface area contributed by atoms with Crippen molar-refractivity contribution in [2.24, 2.45) is 0 Å². The van der Waals surface area contributed by atoms with Gasteiger partial charge in [-0.25, -0.2) is 0 Å². The fourth-order valence-electron chi connectivity index (χ4n) is 1.49. The molecule has 1 aromatic rings. The van der Waals surface area contributed by atoms with Crippen LogP contribution >= 0.6 is 11.8 Å². The highest BCUT2D eigenvalue weighted by Gasteiger charge is 2.23. The Morgan fingerprint density at radius 1 is 1.77 bits per heavy atom.